The first-order valence-electron chi connectivity index (χ1n) is 6.20. The Kier molecular flexibility index (Phi) is 5.65. The molecule has 2 N–H and O–H groups in total. The molecule has 0 spiro atoms. The molecule has 0 aliphatic heterocycles. The molecule has 1 aromatic rings. The molecule has 3 nitrogen and oxygen atoms in total. The van der Waals surface area contributed by atoms with Crippen molar-refractivity contribution in [3.8, 4) is 0 Å². The van der Waals surface area contributed by atoms with Crippen molar-refractivity contribution in [2.45, 2.75) is 26.3 Å². The maximum atomic E-state index is 12.1. The molecule has 1 atom stereocenters. The van der Waals surface area contributed by atoms with Crippen LogP contribution in [0.3, 0.4) is 0 Å². The minimum Gasteiger partial charge on any atom is -0.347 e. The zero-order chi connectivity index (χ0) is 14.6. The van der Waals surface area contributed by atoms with E-state index in [1.54, 1.807) is 12.1 Å². The van der Waals surface area contributed by atoms with E-state index in [1.807, 2.05) is 33.9 Å². The van der Waals surface area contributed by atoms with Crippen molar-refractivity contribution in [3.63, 3.8) is 0 Å². The topological polar surface area (TPSA) is 41.1 Å². The summed E-state index contributed by atoms with van der Waals surface area (Å²) in [4.78, 5) is 12.1. The lowest BCUT2D eigenvalue weighted by atomic mass is 9.93. The van der Waals surface area contributed by atoms with Gasteiger partial charge in [-0.05, 0) is 38.6 Å². The summed E-state index contributed by atoms with van der Waals surface area (Å²) in [5.74, 6) is -0.0857. The van der Waals surface area contributed by atoms with Crippen LogP contribution in [0.25, 0.3) is 0 Å². The molecule has 0 aliphatic carbocycles. The second-order valence-corrected chi connectivity index (χ2v) is 6.02. The predicted molar refractivity (Wildman–Crippen MR) is 80.7 cm³/mol. The summed E-state index contributed by atoms with van der Waals surface area (Å²) in [6.45, 7) is 6.41. The van der Waals surface area contributed by atoms with Gasteiger partial charge in [0.25, 0.3) is 0 Å². The van der Waals surface area contributed by atoms with Gasteiger partial charge in [-0.2, -0.15) is 0 Å². The van der Waals surface area contributed by atoms with Gasteiger partial charge >= 0.3 is 0 Å². The quantitative estimate of drug-likeness (QED) is 0.877. The van der Waals surface area contributed by atoms with Crippen LogP contribution in [-0.2, 0) is 10.3 Å². The van der Waals surface area contributed by atoms with E-state index in [0.29, 0.717) is 16.6 Å². The molecule has 0 saturated heterocycles. The maximum absolute atomic E-state index is 12.1. The molecule has 0 bridgehead atoms. The van der Waals surface area contributed by atoms with Gasteiger partial charge in [-0.15, -0.1) is 0 Å². The highest BCUT2D eigenvalue weighted by molar-refractivity contribution is 6.42. The molecule has 0 heterocycles. The molecule has 1 amide bonds. The molecule has 0 aliphatic rings. The molecule has 0 saturated carbocycles. The van der Waals surface area contributed by atoms with Crippen LogP contribution in [0.5, 0.6) is 0 Å². The highest BCUT2D eigenvalue weighted by Gasteiger charge is 2.25. The van der Waals surface area contributed by atoms with Gasteiger partial charge in [0.2, 0.25) is 5.91 Å². The molecule has 1 unspecified atom stereocenters. The van der Waals surface area contributed by atoms with Gasteiger partial charge in [0.1, 0.15) is 0 Å². The number of benzene rings is 1. The van der Waals surface area contributed by atoms with Crippen molar-refractivity contribution in [3.05, 3.63) is 33.8 Å². The summed E-state index contributed by atoms with van der Waals surface area (Å²) >= 11 is 11.9. The first-order valence-corrected chi connectivity index (χ1v) is 6.95. The molecule has 1 rings (SSSR count). The SMILES string of the molecule is CNCC(C)C(=O)NC(C)(C)c1ccc(Cl)c(Cl)c1. The number of carbonyl (C=O) groups excluding carboxylic acids is 1. The Morgan fingerprint density at radius 2 is 1.95 bits per heavy atom. The molecular formula is C14H20Cl2N2O. The van der Waals surface area contributed by atoms with Crippen LogP contribution in [0, 0.1) is 5.92 Å². The zero-order valence-electron chi connectivity index (χ0n) is 11.7. The summed E-state index contributed by atoms with van der Waals surface area (Å²) in [7, 11) is 1.83. The fourth-order valence-electron chi connectivity index (χ4n) is 1.79. The van der Waals surface area contributed by atoms with Crippen LogP contribution < -0.4 is 10.6 Å². The smallest absolute Gasteiger partial charge is 0.224 e. The monoisotopic (exact) mass is 302 g/mol. The molecular weight excluding hydrogens is 283 g/mol. The van der Waals surface area contributed by atoms with E-state index in [-0.39, 0.29) is 11.8 Å². The van der Waals surface area contributed by atoms with Gasteiger partial charge in [-0.3, -0.25) is 4.79 Å². The van der Waals surface area contributed by atoms with Crippen molar-refractivity contribution in [2.24, 2.45) is 5.92 Å². The van der Waals surface area contributed by atoms with E-state index in [9.17, 15) is 4.79 Å². The number of halogens is 2. The third kappa shape index (κ3) is 4.37. The van der Waals surface area contributed by atoms with Crippen LogP contribution in [0.4, 0.5) is 0 Å². The number of carbonyl (C=O) groups is 1. The lowest BCUT2D eigenvalue weighted by Crippen LogP contribution is -2.45. The molecule has 0 radical (unpaired) electrons. The largest absolute Gasteiger partial charge is 0.347 e. The molecule has 0 fully saturated rings. The number of rotatable bonds is 5. The first-order chi connectivity index (χ1) is 8.77. The standard InChI is InChI=1S/C14H20Cl2N2O/c1-9(8-17-4)13(19)18-14(2,3)10-5-6-11(15)12(16)7-10/h5-7,9,17H,8H2,1-4H3,(H,18,19). The Balaban J connectivity index is 2.85. The Labute approximate surface area is 124 Å². The molecule has 0 aromatic heterocycles. The summed E-state index contributed by atoms with van der Waals surface area (Å²) in [6.07, 6.45) is 0. The minimum absolute atomic E-state index is 0.00502. The normalized spacial score (nSPS) is 13.2. The second-order valence-electron chi connectivity index (χ2n) is 5.20. The average Bonchev–Trinajstić information content (AvgIpc) is 2.32. The van der Waals surface area contributed by atoms with Gasteiger partial charge in [-0.25, -0.2) is 0 Å². The molecule has 106 valence electrons. The van der Waals surface area contributed by atoms with Crippen LogP contribution in [0.15, 0.2) is 18.2 Å². The summed E-state index contributed by atoms with van der Waals surface area (Å²) < 4.78 is 0. The van der Waals surface area contributed by atoms with Crippen LogP contribution >= 0.6 is 23.2 Å². The summed E-state index contributed by atoms with van der Waals surface area (Å²) in [5, 5.41) is 7.02. The van der Waals surface area contributed by atoms with Gasteiger partial charge < -0.3 is 10.6 Å². The number of nitrogens with one attached hydrogen (secondary N) is 2. The highest BCUT2D eigenvalue weighted by Crippen LogP contribution is 2.28. The van der Waals surface area contributed by atoms with Crippen molar-refractivity contribution in [2.75, 3.05) is 13.6 Å². The summed E-state index contributed by atoms with van der Waals surface area (Å²) in [5.41, 5.74) is 0.430. The van der Waals surface area contributed by atoms with Gasteiger partial charge in [0, 0.05) is 12.5 Å². The Bertz CT molecular complexity index is 461. The maximum Gasteiger partial charge on any atom is 0.224 e. The summed E-state index contributed by atoms with van der Waals surface area (Å²) in [6, 6.07) is 5.40. The first kappa shape index (κ1) is 16.3. The lowest BCUT2D eigenvalue weighted by Gasteiger charge is -2.29. The van der Waals surface area contributed by atoms with Crippen molar-refractivity contribution >= 4 is 29.1 Å². The van der Waals surface area contributed by atoms with Gasteiger partial charge in [0.05, 0.1) is 15.6 Å². The van der Waals surface area contributed by atoms with Crippen LogP contribution in [-0.4, -0.2) is 19.5 Å². The van der Waals surface area contributed by atoms with E-state index >= 15 is 0 Å². The molecule has 5 heteroatoms. The Morgan fingerprint density at radius 3 is 2.47 bits per heavy atom. The third-order valence-electron chi connectivity index (χ3n) is 3.03. The second kappa shape index (κ2) is 6.60. The highest BCUT2D eigenvalue weighted by atomic mass is 35.5. The molecule has 1 aromatic carbocycles. The van der Waals surface area contributed by atoms with E-state index in [1.165, 1.54) is 0 Å². The Hall–Kier alpha value is -0.770. The average molecular weight is 303 g/mol. The Morgan fingerprint density at radius 1 is 1.32 bits per heavy atom. The third-order valence-corrected chi connectivity index (χ3v) is 3.77. The zero-order valence-corrected chi connectivity index (χ0v) is 13.2. The van der Waals surface area contributed by atoms with E-state index in [2.05, 4.69) is 10.6 Å². The fourth-order valence-corrected chi connectivity index (χ4v) is 2.09. The van der Waals surface area contributed by atoms with Crippen LogP contribution in [0.2, 0.25) is 10.0 Å². The number of hydrogen-bond acceptors (Lipinski definition) is 2. The van der Waals surface area contributed by atoms with Crippen LogP contribution in [0.1, 0.15) is 26.3 Å². The number of hydrogen-bond donors (Lipinski definition) is 2. The van der Waals surface area contributed by atoms with E-state index in [0.717, 1.165) is 5.56 Å². The van der Waals surface area contributed by atoms with Crippen molar-refractivity contribution in [1.29, 1.82) is 0 Å². The lowest BCUT2D eigenvalue weighted by molar-refractivity contribution is -0.126. The van der Waals surface area contributed by atoms with E-state index < -0.39 is 5.54 Å². The van der Waals surface area contributed by atoms with Crippen molar-refractivity contribution in [1.82, 2.24) is 10.6 Å². The molecule has 19 heavy (non-hydrogen) atoms. The van der Waals surface area contributed by atoms with E-state index in [4.69, 9.17) is 23.2 Å². The predicted octanol–water partition coefficient (Wildman–Crippen LogP) is 3.20. The minimum atomic E-state index is -0.493. The van der Waals surface area contributed by atoms with Crippen molar-refractivity contribution < 1.29 is 4.79 Å². The fraction of sp³-hybridized carbons (Fsp3) is 0.500. The number of amides is 1. The van der Waals surface area contributed by atoms with Gasteiger partial charge in [-0.1, -0.05) is 36.2 Å². The van der Waals surface area contributed by atoms with Gasteiger partial charge in [0.15, 0.2) is 0 Å².